The molecule has 9 heteroatoms. The molecule has 28 heavy (non-hydrogen) atoms. The van der Waals surface area contributed by atoms with E-state index >= 15 is 0 Å². The minimum Gasteiger partial charge on any atom is -0.326 e. The van der Waals surface area contributed by atoms with Crippen LogP contribution in [0.1, 0.15) is 30.1 Å². The lowest BCUT2D eigenvalue weighted by atomic mass is 10.2. The summed E-state index contributed by atoms with van der Waals surface area (Å²) in [5.41, 5.74) is 3.84. The van der Waals surface area contributed by atoms with Crippen LogP contribution in [0.3, 0.4) is 0 Å². The lowest BCUT2D eigenvalue weighted by Gasteiger charge is -2.05. The van der Waals surface area contributed by atoms with E-state index < -0.39 is 0 Å². The minimum atomic E-state index is -0.0159. The van der Waals surface area contributed by atoms with E-state index in [1.54, 1.807) is 0 Å². The number of carbonyl (C=O) groups is 1. The molecule has 1 aromatic carbocycles. The van der Waals surface area contributed by atoms with Gasteiger partial charge in [0.15, 0.2) is 5.82 Å². The summed E-state index contributed by atoms with van der Waals surface area (Å²) in [5, 5.41) is 17.9. The van der Waals surface area contributed by atoms with Crippen LogP contribution in [-0.2, 0) is 24.3 Å². The number of carbonyl (C=O) groups excluding carboxylic acids is 1. The number of aromatic nitrogens is 5. The van der Waals surface area contributed by atoms with Gasteiger partial charge in [0, 0.05) is 37.2 Å². The number of H-pyrrole nitrogens is 1. The number of benzene rings is 1. The molecule has 4 rings (SSSR count). The molecule has 1 amide bonds. The van der Waals surface area contributed by atoms with Gasteiger partial charge < -0.3 is 10.6 Å². The lowest BCUT2D eigenvalue weighted by molar-refractivity contribution is -0.116. The summed E-state index contributed by atoms with van der Waals surface area (Å²) < 4.78 is 2.05. The van der Waals surface area contributed by atoms with Crippen molar-refractivity contribution in [3.8, 4) is 11.4 Å². The third kappa shape index (κ3) is 4.76. The van der Waals surface area contributed by atoms with Crippen molar-refractivity contribution in [1.82, 2.24) is 30.3 Å². The number of amides is 1. The Labute approximate surface area is 169 Å². The van der Waals surface area contributed by atoms with Gasteiger partial charge in [0.2, 0.25) is 5.91 Å². The molecule has 0 unspecified atom stereocenters. The van der Waals surface area contributed by atoms with Gasteiger partial charge in [-0.15, -0.1) is 12.4 Å². The number of aromatic amines is 1. The Balaban J connectivity index is 0.00000225. The SMILES string of the molecule is Cc1nc(-c2ccc(NC(=O)CCc3cc4n(n3)CCCNC4)cc2)n[nH]1.Cl. The third-order valence-corrected chi connectivity index (χ3v) is 4.58. The Hall–Kier alpha value is -2.71. The molecule has 3 heterocycles. The molecule has 148 valence electrons. The Morgan fingerprint density at radius 2 is 2.11 bits per heavy atom. The highest BCUT2D eigenvalue weighted by Crippen LogP contribution is 2.18. The van der Waals surface area contributed by atoms with Gasteiger partial charge in [0.05, 0.1) is 11.4 Å². The molecule has 1 aliphatic rings. The first-order valence-electron chi connectivity index (χ1n) is 9.23. The molecule has 0 aliphatic carbocycles. The van der Waals surface area contributed by atoms with Crippen molar-refractivity contribution in [1.29, 1.82) is 0 Å². The fourth-order valence-corrected chi connectivity index (χ4v) is 3.18. The number of hydrogen-bond donors (Lipinski definition) is 3. The van der Waals surface area contributed by atoms with E-state index in [1.165, 1.54) is 5.69 Å². The van der Waals surface area contributed by atoms with Crippen LogP contribution in [0.2, 0.25) is 0 Å². The molecule has 3 aromatic rings. The van der Waals surface area contributed by atoms with E-state index in [2.05, 4.69) is 41.7 Å². The van der Waals surface area contributed by atoms with Gasteiger partial charge in [0.1, 0.15) is 5.82 Å². The monoisotopic (exact) mass is 401 g/mol. The maximum atomic E-state index is 12.3. The lowest BCUT2D eigenvalue weighted by Crippen LogP contribution is -2.13. The van der Waals surface area contributed by atoms with E-state index in [0.717, 1.165) is 48.8 Å². The predicted octanol–water partition coefficient (Wildman–Crippen LogP) is 2.46. The zero-order valence-electron chi connectivity index (χ0n) is 15.7. The summed E-state index contributed by atoms with van der Waals surface area (Å²) in [6.45, 7) is 4.66. The Morgan fingerprint density at radius 3 is 2.86 bits per heavy atom. The van der Waals surface area contributed by atoms with Gasteiger partial charge in [0.25, 0.3) is 0 Å². The first kappa shape index (κ1) is 20.0. The van der Waals surface area contributed by atoms with E-state index in [-0.39, 0.29) is 18.3 Å². The number of halogens is 1. The van der Waals surface area contributed by atoms with E-state index in [9.17, 15) is 4.79 Å². The summed E-state index contributed by atoms with van der Waals surface area (Å²) >= 11 is 0. The molecular formula is C19H24ClN7O. The zero-order valence-corrected chi connectivity index (χ0v) is 16.6. The highest BCUT2D eigenvalue weighted by Gasteiger charge is 2.12. The highest BCUT2D eigenvalue weighted by atomic mass is 35.5. The van der Waals surface area contributed by atoms with Crippen LogP contribution in [0.25, 0.3) is 11.4 Å². The highest BCUT2D eigenvalue weighted by molar-refractivity contribution is 5.91. The molecule has 0 radical (unpaired) electrons. The number of anilines is 1. The molecule has 0 saturated carbocycles. The molecule has 3 N–H and O–H groups in total. The predicted molar refractivity (Wildman–Crippen MR) is 109 cm³/mol. The first-order valence-corrected chi connectivity index (χ1v) is 9.23. The van der Waals surface area contributed by atoms with Crippen LogP contribution in [0.5, 0.6) is 0 Å². The van der Waals surface area contributed by atoms with Crippen LogP contribution in [-0.4, -0.2) is 37.4 Å². The van der Waals surface area contributed by atoms with Gasteiger partial charge >= 0.3 is 0 Å². The summed E-state index contributed by atoms with van der Waals surface area (Å²) in [7, 11) is 0. The fourth-order valence-electron chi connectivity index (χ4n) is 3.18. The second-order valence-electron chi connectivity index (χ2n) is 6.75. The molecule has 2 aromatic heterocycles. The zero-order chi connectivity index (χ0) is 18.6. The number of aryl methyl sites for hydroxylation is 3. The van der Waals surface area contributed by atoms with Gasteiger partial charge in [-0.3, -0.25) is 14.6 Å². The first-order chi connectivity index (χ1) is 13.2. The molecule has 8 nitrogen and oxygen atoms in total. The van der Waals surface area contributed by atoms with Crippen LogP contribution in [0.15, 0.2) is 30.3 Å². The number of nitrogens with zero attached hydrogens (tertiary/aromatic N) is 4. The fraction of sp³-hybridized carbons (Fsp3) is 0.368. The van der Waals surface area contributed by atoms with Crippen LogP contribution in [0.4, 0.5) is 5.69 Å². The van der Waals surface area contributed by atoms with Crippen LogP contribution >= 0.6 is 12.4 Å². The van der Waals surface area contributed by atoms with Crippen molar-refractivity contribution in [3.63, 3.8) is 0 Å². The number of hydrogen-bond acceptors (Lipinski definition) is 5. The van der Waals surface area contributed by atoms with Crippen molar-refractivity contribution < 1.29 is 4.79 Å². The Kier molecular flexibility index (Phi) is 6.43. The maximum Gasteiger partial charge on any atom is 0.224 e. The quantitative estimate of drug-likeness (QED) is 0.609. The van der Waals surface area contributed by atoms with Gasteiger partial charge in [-0.1, -0.05) is 0 Å². The minimum absolute atomic E-state index is 0. The van der Waals surface area contributed by atoms with Crippen molar-refractivity contribution >= 4 is 24.0 Å². The average Bonchev–Trinajstić information content (AvgIpc) is 3.21. The summed E-state index contributed by atoms with van der Waals surface area (Å²) in [6.07, 6.45) is 2.13. The van der Waals surface area contributed by atoms with Crippen LogP contribution < -0.4 is 10.6 Å². The van der Waals surface area contributed by atoms with E-state index in [1.807, 2.05) is 31.2 Å². The van der Waals surface area contributed by atoms with Gasteiger partial charge in [-0.25, -0.2) is 4.98 Å². The summed E-state index contributed by atoms with van der Waals surface area (Å²) in [6, 6.07) is 9.63. The van der Waals surface area contributed by atoms with Crippen molar-refractivity contribution in [2.24, 2.45) is 0 Å². The van der Waals surface area contributed by atoms with Crippen molar-refractivity contribution in [2.45, 2.75) is 39.3 Å². The second kappa shape index (κ2) is 8.99. The maximum absolute atomic E-state index is 12.3. The van der Waals surface area contributed by atoms with E-state index in [0.29, 0.717) is 18.7 Å². The molecular weight excluding hydrogens is 378 g/mol. The second-order valence-corrected chi connectivity index (χ2v) is 6.75. The summed E-state index contributed by atoms with van der Waals surface area (Å²) in [5.74, 6) is 1.41. The molecule has 0 fully saturated rings. The topological polar surface area (TPSA) is 101 Å². The summed E-state index contributed by atoms with van der Waals surface area (Å²) in [4.78, 5) is 16.6. The van der Waals surface area contributed by atoms with E-state index in [4.69, 9.17) is 0 Å². The molecule has 0 atom stereocenters. The molecule has 0 bridgehead atoms. The Bertz CT molecular complexity index is 909. The normalized spacial score (nSPS) is 13.3. The Morgan fingerprint density at radius 1 is 1.29 bits per heavy atom. The largest absolute Gasteiger partial charge is 0.326 e. The van der Waals surface area contributed by atoms with Crippen LogP contribution in [0, 0.1) is 6.92 Å². The number of nitrogens with one attached hydrogen (secondary N) is 3. The number of rotatable bonds is 5. The number of fused-ring (bicyclic) bond motifs is 1. The third-order valence-electron chi connectivity index (χ3n) is 4.58. The standard InChI is InChI=1S/C19H23N7O.ClH/c1-13-21-19(24-23-13)14-3-5-15(6-4-14)22-18(27)8-7-16-11-17-12-20-9-2-10-26(17)25-16;/h3-6,11,20H,2,7-10,12H2,1H3,(H,22,27)(H,21,23,24);1H. The van der Waals surface area contributed by atoms with Crippen molar-refractivity contribution in [3.05, 3.63) is 47.5 Å². The molecule has 0 spiro atoms. The van der Waals surface area contributed by atoms with Gasteiger partial charge in [-0.05, 0) is 50.2 Å². The molecule has 0 saturated heterocycles. The smallest absolute Gasteiger partial charge is 0.224 e. The van der Waals surface area contributed by atoms with Gasteiger partial charge in [-0.2, -0.15) is 10.2 Å². The van der Waals surface area contributed by atoms with Crippen molar-refractivity contribution in [2.75, 3.05) is 11.9 Å². The average molecular weight is 402 g/mol. The molecule has 1 aliphatic heterocycles.